The van der Waals surface area contributed by atoms with Gasteiger partial charge < -0.3 is 29.3 Å². The Bertz CT molecular complexity index is 1120. The van der Waals surface area contributed by atoms with Gasteiger partial charge in [0, 0.05) is 38.5 Å². The maximum Gasteiger partial charge on any atom is 0.248 e. The largest absolute Gasteiger partial charge is 0.494 e. The molecule has 3 saturated heterocycles. The number of anilines is 1. The van der Waals surface area contributed by atoms with E-state index in [0.717, 1.165) is 19.3 Å². The standard InChI is InChI=1S/C33H47N3O6/c1-5-9-10-21-34(19-6-2)32(40)29-33-18-17-26(42-33)27(28(33)31(39)36(29)22-11-12-23-37)30(38)35(20-7-3)24-13-15-25(16-14-24)41-8-4/h6-7,13-16,26-29,37H,2-3,5,8-12,17-23H2,1,4H3/t26-,27+,28-,29?,33?/m0/s1. The maximum atomic E-state index is 14.3. The number of amides is 3. The average Bonchev–Trinajstić information content (AvgIpc) is 3.63. The lowest BCUT2D eigenvalue weighted by atomic mass is 9.70. The number of rotatable bonds is 17. The van der Waals surface area contributed by atoms with Gasteiger partial charge in [-0.2, -0.15) is 0 Å². The predicted octanol–water partition coefficient (Wildman–Crippen LogP) is 3.96. The molecule has 3 aliphatic rings. The molecule has 1 N–H and O–H groups in total. The van der Waals surface area contributed by atoms with E-state index in [1.165, 1.54) is 0 Å². The molecule has 3 fully saturated rings. The summed E-state index contributed by atoms with van der Waals surface area (Å²) in [5.74, 6) is -1.29. The summed E-state index contributed by atoms with van der Waals surface area (Å²) >= 11 is 0. The highest BCUT2D eigenvalue weighted by atomic mass is 16.5. The number of aliphatic hydroxyl groups excluding tert-OH is 1. The van der Waals surface area contributed by atoms with Gasteiger partial charge in [-0.25, -0.2) is 0 Å². The van der Waals surface area contributed by atoms with E-state index in [9.17, 15) is 19.5 Å². The minimum Gasteiger partial charge on any atom is -0.494 e. The molecule has 0 aliphatic carbocycles. The molecule has 0 radical (unpaired) electrons. The van der Waals surface area contributed by atoms with Crippen LogP contribution < -0.4 is 9.64 Å². The van der Waals surface area contributed by atoms with Crippen molar-refractivity contribution < 1.29 is 29.0 Å². The van der Waals surface area contributed by atoms with Gasteiger partial charge in [-0.15, -0.1) is 13.2 Å². The van der Waals surface area contributed by atoms with E-state index in [2.05, 4.69) is 20.1 Å². The van der Waals surface area contributed by atoms with Crippen molar-refractivity contribution in [2.45, 2.75) is 76.5 Å². The van der Waals surface area contributed by atoms with Crippen LogP contribution in [-0.4, -0.2) is 89.8 Å². The lowest BCUT2D eigenvalue weighted by Gasteiger charge is -2.37. The molecule has 4 rings (SSSR count). The van der Waals surface area contributed by atoms with Crippen LogP contribution in [0.5, 0.6) is 5.75 Å². The third-order valence-corrected chi connectivity index (χ3v) is 8.86. The van der Waals surface area contributed by atoms with Gasteiger partial charge in [0.1, 0.15) is 17.4 Å². The summed E-state index contributed by atoms with van der Waals surface area (Å²) in [6.07, 6.45) is 8.07. The Hall–Kier alpha value is -3.17. The first kappa shape index (κ1) is 31.8. The van der Waals surface area contributed by atoms with Crippen molar-refractivity contribution in [3.63, 3.8) is 0 Å². The zero-order chi connectivity index (χ0) is 30.3. The molecule has 0 aromatic heterocycles. The van der Waals surface area contributed by atoms with Gasteiger partial charge in [0.2, 0.25) is 17.7 Å². The van der Waals surface area contributed by atoms with Gasteiger partial charge >= 0.3 is 0 Å². The van der Waals surface area contributed by atoms with Crippen LogP contribution in [0, 0.1) is 11.8 Å². The van der Waals surface area contributed by atoms with Crippen molar-refractivity contribution in [1.29, 1.82) is 0 Å². The number of carbonyl (C=O) groups excluding carboxylic acids is 3. The second-order valence-corrected chi connectivity index (χ2v) is 11.5. The molecule has 3 heterocycles. The third kappa shape index (κ3) is 5.99. The zero-order valence-electron chi connectivity index (χ0n) is 25.2. The fourth-order valence-electron chi connectivity index (χ4n) is 7.04. The highest BCUT2D eigenvalue weighted by Gasteiger charge is 2.74. The molecule has 230 valence electrons. The fraction of sp³-hybridized carbons (Fsp3) is 0.606. The highest BCUT2D eigenvalue weighted by molar-refractivity contribution is 6.03. The summed E-state index contributed by atoms with van der Waals surface area (Å²) in [7, 11) is 0. The first-order chi connectivity index (χ1) is 20.4. The maximum absolute atomic E-state index is 14.3. The summed E-state index contributed by atoms with van der Waals surface area (Å²) in [5, 5.41) is 9.43. The molecule has 42 heavy (non-hydrogen) atoms. The van der Waals surface area contributed by atoms with Gasteiger partial charge in [-0.1, -0.05) is 31.9 Å². The fourth-order valence-corrected chi connectivity index (χ4v) is 7.04. The molecule has 2 bridgehead atoms. The Morgan fingerprint density at radius 2 is 1.83 bits per heavy atom. The number of hydrogen-bond donors (Lipinski definition) is 1. The monoisotopic (exact) mass is 581 g/mol. The minimum absolute atomic E-state index is 0.00705. The van der Waals surface area contributed by atoms with E-state index in [1.807, 2.05) is 31.2 Å². The van der Waals surface area contributed by atoms with E-state index in [4.69, 9.17) is 9.47 Å². The number of aliphatic hydroxyl groups is 1. The van der Waals surface area contributed by atoms with Crippen LogP contribution in [0.1, 0.15) is 58.8 Å². The quantitative estimate of drug-likeness (QED) is 0.221. The molecule has 3 aliphatic heterocycles. The molecule has 1 aromatic carbocycles. The Balaban J connectivity index is 1.68. The van der Waals surface area contributed by atoms with Gasteiger partial charge in [-0.3, -0.25) is 14.4 Å². The second-order valence-electron chi connectivity index (χ2n) is 11.5. The SMILES string of the molecule is C=CCN(CCCCC)C(=O)C1N(CCCCO)C(=O)[C@@H]2[C@H](C(=O)N(CC=C)c3ccc(OCC)cc3)[C@@H]3CCC12O3. The van der Waals surface area contributed by atoms with E-state index < -0.39 is 29.6 Å². The van der Waals surface area contributed by atoms with Crippen LogP contribution in [0.4, 0.5) is 5.69 Å². The number of fused-ring (bicyclic) bond motifs is 1. The number of unbranched alkanes of at least 4 members (excludes halogenated alkanes) is 3. The van der Waals surface area contributed by atoms with Crippen LogP contribution in [0.3, 0.4) is 0 Å². The molecule has 9 heteroatoms. The predicted molar refractivity (Wildman–Crippen MR) is 162 cm³/mol. The number of carbonyl (C=O) groups is 3. The third-order valence-electron chi connectivity index (χ3n) is 8.86. The number of hydrogen-bond acceptors (Lipinski definition) is 6. The molecular formula is C33H47N3O6. The van der Waals surface area contributed by atoms with Crippen LogP contribution in [0.2, 0.25) is 0 Å². The molecule has 2 unspecified atom stereocenters. The summed E-state index contributed by atoms with van der Waals surface area (Å²) in [6, 6.07) is 6.52. The van der Waals surface area contributed by atoms with Crippen molar-refractivity contribution in [1.82, 2.24) is 9.80 Å². The lowest BCUT2D eigenvalue weighted by molar-refractivity contribution is -0.147. The molecule has 1 aromatic rings. The van der Waals surface area contributed by atoms with Gasteiger partial charge in [0.15, 0.2) is 0 Å². The summed E-state index contributed by atoms with van der Waals surface area (Å²) < 4.78 is 12.2. The van der Waals surface area contributed by atoms with Gasteiger partial charge in [0.25, 0.3) is 0 Å². The van der Waals surface area contributed by atoms with Crippen molar-refractivity contribution in [2.24, 2.45) is 11.8 Å². The van der Waals surface area contributed by atoms with Crippen molar-refractivity contribution in [2.75, 3.05) is 44.3 Å². The zero-order valence-corrected chi connectivity index (χ0v) is 25.2. The topological polar surface area (TPSA) is 99.6 Å². The van der Waals surface area contributed by atoms with Gasteiger partial charge in [-0.05, 0) is 63.3 Å². The lowest BCUT2D eigenvalue weighted by Crippen LogP contribution is -2.56. The second kappa shape index (κ2) is 14.3. The smallest absolute Gasteiger partial charge is 0.248 e. The molecule has 5 atom stereocenters. The summed E-state index contributed by atoms with van der Waals surface area (Å²) in [4.78, 5) is 48.0. The Morgan fingerprint density at radius 3 is 2.48 bits per heavy atom. The van der Waals surface area contributed by atoms with E-state index >= 15 is 0 Å². The van der Waals surface area contributed by atoms with Crippen molar-refractivity contribution >= 4 is 23.4 Å². The normalized spacial score (nSPS) is 25.8. The van der Waals surface area contributed by atoms with Crippen LogP contribution in [0.25, 0.3) is 0 Å². The average molecular weight is 582 g/mol. The Labute approximate surface area is 250 Å². The van der Waals surface area contributed by atoms with Crippen molar-refractivity contribution in [3.8, 4) is 5.75 Å². The number of ether oxygens (including phenoxy) is 2. The number of likely N-dealkylation sites (tertiary alicyclic amines) is 1. The first-order valence-corrected chi connectivity index (χ1v) is 15.5. The molecule has 3 amide bonds. The van der Waals surface area contributed by atoms with Crippen LogP contribution in [-0.2, 0) is 19.1 Å². The first-order valence-electron chi connectivity index (χ1n) is 15.5. The van der Waals surface area contributed by atoms with Crippen LogP contribution >= 0.6 is 0 Å². The van der Waals surface area contributed by atoms with Crippen LogP contribution in [0.15, 0.2) is 49.6 Å². The Kier molecular flexibility index (Phi) is 10.8. The van der Waals surface area contributed by atoms with E-state index in [1.54, 1.807) is 26.9 Å². The van der Waals surface area contributed by atoms with Gasteiger partial charge in [0.05, 0.1) is 24.5 Å². The Morgan fingerprint density at radius 1 is 1.10 bits per heavy atom. The molecular weight excluding hydrogens is 534 g/mol. The highest BCUT2D eigenvalue weighted by Crippen LogP contribution is 2.59. The summed E-state index contributed by atoms with van der Waals surface area (Å²) in [5.41, 5.74) is -0.368. The number of nitrogens with zero attached hydrogens (tertiary/aromatic N) is 3. The van der Waals surface area contributed by atoms with E-state index in [0.29, 0.717) is 63.4 Å². The summed E-state index contributed by atoms with van der Waals surface area (Å²) in [6.45, 7) is 13.9. The molecule has 9 nitrogen and oxygen atoms in total. The molecule has 0 saturated carbocycles. The minimum atomic E-state index is -1.05. The molecule has 1 spiro atoms. The number of benzene rings is 1. The van der Waals surface area contributed by atoms with Crippen molar-refractivity contribution in [3.05, 3.63) is 49.6 Å². The van der Waals surface area contributed by atoms with E-state index in [-0.39, 0.29) is 30.9 Å².